The first-order valence-corrected chi connectivity index (χ1v) is 8.68. The Morgan fingerprint density at radius 3 is 2.54 bits per heavy atom. The summed E-state index contributed by atoms with van der Waals surface area (Å²) in [7, 11) is -3.62. The van der Waals surface area contributed by atoms with Crippen molar-refractivity contribution < 1.29 is 26.3 Å². The van der Waals surface area contributed by atoms with Crippen LogP contribution >= 0.6 is 0 Å². The van der Waals surface area contributed by atoms with E-state index in [0.29, 0.717) is 6.54 Å². The number of benzene rings is 1. The SMILES string of the molecule is CCNC(=NCc1ccccc1OC(F)(F)F)NCCS(N)(=O)=O. The molecule has 0 aliphatic rings. The highest BCUT2D eigenvalue weighted by atomic mass is 32.2. The topological polar surface area (TPSA) is 106 Å². The Bertz CT molecular complexity index is 663. The van der Waals surface area contributed by atoms with Crippen molar-refractivity contribution in [2.45, 2.75) is 19.8 Å². The number of halogens is 3. The number of hydrogen-bond acceptors (Lipinski definition) is 4. The van der Waals surface area contributed by atoms with Crippen LogP contribution in [0.25, 0.3) is 0 Å². The Kier molecular flexibility index (Phi) is 7.29. The highest BCUT2D eigenvalue weighted by Crippen LogP contribution is 2.26. The predicted molar refractivity (Wildman–Crippen MR) is 83.9 cm³/mol. The number of nitrogens with two attached hydrogens (primary N) is 1. The molecule has 0 heterocycles. The first kappa shape index (κ1) is 20.0. The summed E-state index contributed by atoms with van der Waals surface area (Å²) in [6.45, 7) is 2.21. The van der Waals surface area contributed by atoms with E-state index in [1.54, 1.807) is 13.0 Å². The average Bonchev–Trinajstić information content (AvgIpc) is 2.43. The van der Waals surface area contributed by atoms with Crippen LogP contribution in [0.3, 0.4) is 0 Å². The van der Waals surface area contributed by atoms with Gasteiger partial charge in [0.15, 0.2) is 5.96 Å². The van der Waals surface area contributed by atoms with Gasteiger partial charge in [-0.15, -0.1) is 13.2 Å². The van der Waals surface area contributed by atoms with Crippen molar-refractivity contribution in [3.8, 4) is 5.75 Å². The number of nitrogens with one attached hydrogen (secondary N) is 2. The summed E-state index contributed by atoms with van der Waals surface area (Å²) in [5.41, 5.74) is 0.235. The van der Waals surface area contributed by atoms with Crippen molar-refractivity contribution in [1.82, 2.24) is 10.6 Å². The van der Waals surface area contributed by atoms with Gasteiger partial charge < -0.3 is 15.4 Å². The molecule has 0 spiro atoms. The van der Waals surface area contributed by atoms with Gasteiger partial charge in [0.1, 0.15) is 5.75 Å². The number of para-hydroxylation sites is 1. The van der Waals surface area contributed by atoms with Gasteiger partial charge in [-0.25, -0.2) is 18.5 Å². The van der Waals surface area contributed by atoms with Crippen LogP contribution in [0.2, 0.25) is 0 Å². The monoisotopic (exact) mass is 368 g/mol. The molecule has 0 aliphatic heterocycles. The molecule has 0 fully saturated rings. The molecule has 136 valence electrons. The molecule has 0 saturated carbocycles. The zero-order valence-electron chi connectivity index (χ0n) is 12.9. The van der Waals surface area contributed by atoms with Gasteiger partial charge >= 0.3 is 6.36 Å². The van der Waals surface area contributed by atoms with Gasteiger partial charge in [-0.3, -0.25) is 0 Å². The van der Waals surface area contributed by atoms with E-state index < -0.39 is 16.4 Å². The summed E-state index contributed by atoms with van der Waals surface area (Å²) >= 11 is 0. The number of ether oxygens (including phenoxy) is 1. The number of aliphatic imine (C=N–C) groups is 1. The van der Waals surface area contributed by atoms with E-state index in [1.807, 2.05) is 0 Å². The summed E-state index contributed by atoms with van der Waals surface area (Å²) in [5.74, 6) is -0.386. The van der Waals surface area contributed by atoms with E-state index in [-0.39, 0.29) is 36.1 Å². The van der Waals surface area contributed by atoms with Crippen molar-refractivity contribution in [2.75, 3.05) is 18.8 Å². The van der Waals surface area contributed by atoms with Crippen LogP contribution in [0.5, 0.6) is 5.75 Å². The number of rotatable bonds is 7. The van der Waals surface area contributed by atoms with E-state index in [9.17, 15) is 21.6 Å². The largest absolute Gasteiger partial charge is 0.573 e. The van der Waals surface area contributed by atoms with Gasteiger partial charge in [0.25, 0.3) is 0 Å². The number of guanidine groups is 1. The van der Waals surface area contributed by atoms with Crippen molar-refractivity contribution in [1.29, 1.82) is 0 Å². The minimum Gasteiger partial charge on any atom is -0.405 e. The molecule has 11 heteroatoms. The van der Waals surface area contributed by atoms with Gasteiger partial charge in [0, 0.05) is 18.7 Å². The Hall–Kier alpha value is -2.01. The van der Waals surface area contributed by atoms with Crippen LogP contribution in [0.1, 0.15) is 12.5 Å². The Morgan fingerprint density at radius 2 is 1.96 bits per heavy atom. The molecule has 4 N–H and O–H groups in total. The lowest BCUT2D eigenvalue weighted by Gasteiger charge is -2.13. The third-order valence-electron chi connectivity index (χ3n) is 2.63. The fourth-order valence-corrected chi connectivity index (χ4v) is 2.06. The zero-order chi connectivity index (χ0) is 18.2. The third-order valence-corrected chi connectivity index (χ3v) is 3.40. The summed E-state index contributed by atoms with van der Waals surface area (Å²) in [4.78, 5) is 4.11. The normalized spacial score (nSPS) is 12.8. The van der Waals surface area contributed by atoms with Crippen LogP contribution in [0, 0.1) is 0 Å². The van der Waals surface area contributed by atoms with E-state index in [1.165, 1.54) is 18.2 Å². The Balaban J connectivity index is 2.79. The highest BCUT2D eigenvalue weighted by molar-refractivity contribution is 7.89. The fraction of sp³-hybridized carbons (Fsp3) is 0.462. The molecule has 1 aromatic rings. The van der Waals surface area contributed by atoms with Gasteiger partial charge in [-0.05, 0) is 13.0 Å². The molecule has 0 bridgehead atoms. The van der Waals surface area contributed by atoms with Crippen molar-refractivity contribution in [3.63, 3.8) is 0 Å². The van der Waals surface area contributed by atoms with Crippen molar-refractivity contribution >= 4 is 16.0 Å². The van der Waals surface area contributed by atoms with Crippen molar-refractivity contribution in [2.24, 2.45) is 10.1 Å². The first-order chi connectivity index (χ1) is 11.1. The lowest BCUT2D eigenvalue weighted by atomic mass is 10.2. The van der Waals surface area contributed by atoms with Crippen LogP contribution in [0.4, 0.5) is 13.2 Å². The third kappa shape index (κ3) is 8.58. The maximum atomic E-state index is 12.4. The second-order valence-electron chi connectivity index (χ2n) is 4.64. The van der Waals surface area contributed by atoms with Crippen LogP contribution in [0.15, 0.2) is 29.3 Å². The molecule has 0 aromatic heterocycles. The molecule has 0 aliphatic carbocycles. The van der Waals surface area contributed by atoms with Gasteiger partial charge in [0.05, 0.1) is 12.3 Å². The Morgan fingerprint density at radius 1 is 1.29 bits per heavy atom. The van der Waals surface area contributed by atoms with E-state index in [2.05, 4.69) is 20.4 Å². The molecular formula is C13H19F3N4O3S. The van der Waals surface area contributed by atoms with Gasteiger partial charge in [-0.2, -0.15) is 0 Å². The Labute approximate surface area is 138 Å². The molecule has 7 nitrogen and oxygen atoms in total. The minimum atomic E-state index is -4.79. The standard InChI is InChI=1S/C13H19F3N4O3S/c1-2-18-12(19-7-8-24(17,21)22)20-9-10-5-3-4-6-11(10)23-13(14,15)16/h3-6H,2,7-9H2,1H3,(H2,17,21,22)(H2,18,19,20). The molecule has 24 heavy (non-hydrogen) atoms. The van der Waals surface area contributed by atoms with E-state index in [4.69, 9.17) is 5.14 Å². The molecule has 0 saturated heterocycles. The summed E-state index contributed by atoms with van der Waals surface area (Å²) in [5, 5.41) is 10.5. The summed E-state index contributed by atoms with van der Waals surface area (Å²) < 4.78 is 62.8. The smallest absolute Gasteiger partial charge is 0.405 e. The van der Waals surface area contributed by atoms with E-state index >= 15 is 0 Å². The average molecular weight is 368 g/mol. The van der Waals surface area contributed by atoms with Crippen LogP contribution in [-0.4, -0.2) is 39.6 Å². The first-order valence-electron chi connectivity index (χ1n) is 6.97. The van der Waals surface area contributed by atoms with Crippen LogP contribution in [-0.2, 0) is 16.6 Å². The fourth-order valence-electron chi connectivity index (χ4n) is 1.68. The second-order valence-corrected chi connectivity index (χ2v) is 6.38. The maximum Gasteiger partial charge on any atom is 0.573 e. The molecule has 1 aromatic carbocycles. The lowest BCUT2D eigenvalue weighted by molar-refractivity contribution is -0.274. The number of sulfonamides is 1. The van der Waals surface area contributed by atoms with Gasteiger partial charge in [-0.1, -0.05) is 18.2 Å². The molecule has 0 radical (unpaired) electrons. The number of hydrogen-bond donors (Lipinski definition) is 3. The quantitative estimate of drug-likeness (QED) is 0.490. The van der Waals surface area contributed by atoms with Crippen molar-refractivity contribution in [3.05, 3.63) is 29.8 Å². The second kappa shape index (κ2) is 8.73. The highest BCUT2D eigenvalue weighted by Gasteiger charge is 2.31. The maximum absolute atomic E-state index is 12.4. The molecule has 0 amide bonds. The predicted octanol–water partition coefficient (Wildman–Crippen LogP) is 0.929. The summed E-state index contributed by atoms with van der Waals surface area (Å²) in [6, 6.07) is 5.64. The van der Waals surface area contributed by atoms with E-state index in [0.717, 1.165) is 0 Å². The van der Waals surface area contributed by atoms with Crippen LogP contribution < -0.4 is 20.5 Å². The number of alkyl halides is 3. The molecular weight excluding hydrogens is 349 g/mol. The number of primary sulfonamides is 1. The molecule has 1 rings (SSSR count). The molecule has 0 atom stereocenters. The minimum absolute atomic E-state index is 0.0192. The van der Waals surface area contributed by atoms with Gasteiger partial charge in [0.2, 0.25) is 10.0 Å². The summed E-state index contributed by atoms with van der Waals surface area (Å²) in [6.07, 6.45) is -4.79. The lowest BCUT2D eigenvalue weighted by Crippen LogP contribution is -2.40. The zero-order valence-corrected chi connectivity index (χ0v) is 13.7. The molecule has 0 unspecified atom stereocenters. The number of nitrogens with zero attached hydrogens (tertiary/aromatic N) is 1.